The number of ether oxygens (including phenoxy) is 3. The highest BCUT2D eigenvalue weighted by molar-refractivity contribution is 6.08. The smallest absolute Gasteiger partial charge is 0.412 e. The van der Waals surface area contributed by atoms with Crippen LogP contribution in [-0.4, -0.2) is 42.9 Å². The number of fused-ring (bicyclic) bond motifs is 1. The van der Waals surface area contributed by atoms with Gasteiger partial charge in [0.2, 0.25) is 0 Å². The van der Waals surface area contributed by atoms with Gasteiger partial charge < -0.3 is 24.5 Å². The van der Waals surface area contributed by atoms with Gasteiger partial charge in [-0.1, -0.05) is 12.1 Å². The maximum absolute atomic E-state index is 12.8. The summed E-state index contributed by atoms with van der Waals surface area (Å²) in [5.41, 5.74) is 1.47. The van der Waals surface area contributed by atoms with Crippen molar-refractivity contribution in [3.8, 4) is 5.75 Å². The zero-order valence-corrected chi connectivity index (χ0v) is 18.1. The van der Waals surface area contributed by atoms with E-state index in [0.717, 1.165) is 10.9 Å². The molecule has 0 atom stereocenters. The van der Waals surface area contributed by atoms with Crippen molar-refractivity contribution in [1.82, 2.24) is 4.98 Å². The van der Waals surface area contributed by atoms with E-state index in [1.54, 1.807) is 58.2 Å². The van der Waals surface area contributed by atoms with E-state index in [9.17, 15) is 9.59 Å². The second-order valence-corrected chi connectivity index (χ2v) is 7.90. The molecule has 2 aromatic carbocycles. The first-order valence-electron chi connectivity index (χ1n) is 9.90. The van der Waals surface area contributed by atoms with Crippen LogP contribution in [0.4, 0.5) is 16.2 Å². The summed E-state index contributed by atoms with van der Waals surface area (Å²) in [5.74, 6) is 0.360. The van der Waals surface area contributed by atoms with Crippen LogP contribution in [-0.2, 0) is 9.47 Å². The summed E-state index contributed by atoms with van der Waals surface area (Å²) in [7, 11) is 1.62. The topological polar surface area (TPSA) is 102 Å². The number of aromatic nitrogens is 1. The number of aromatic amines is 1. The van der Waals surface area contributed by atoms with Gasteiger partial charge in [-0.25, -0.2) is 4.79 Å². The Morgan fingerprint density at radius 1 is 0.968 bits per heavy atom. The molecule has 8 nitrogen and oxygen atoms in total. The number of carbonyl (C=O) groups is 2. The van der Waals surface area contributed by atoms with Crippen LogP contribution in [0.5, 0.6) is 5.75 Å². The maximum Gasteiger partial charge on any atom is 0.412 e. The van der Waals surface area contributed by atoms with E-state index in [0.29, 0.717) is 36.0 Å². The zero-order chi connectivity index (χ0) is 22.4. The molecule has 0 saturated carbocycles. The van der Waals surface area contributed by atoms with Crippen molar-refractivity contribution in [3.63, 3.8) is 0 Å². The molecule has 0 saturated heterocycles. The van der Waals surface area contributed by atoms with E-state index in [4.69, 9.17) is 14.2 Å². The van der Waals surface area contributed by atoms with Crippen LogP contribution in [0.1, 0.15) is 31.3 Å². The van der Waals surface area contributed by atoms with Gasteiger partial charge in [-0.05, 0) is 57.2 Å². The van der Waals surface area contributed by atoms with Gasteiger partial charge in [-0.3, -0.25) is 10.1 Å². The molecule has 8 heteroatoms. The van der Waals surface area contributed by atoms with Gasteiger partial charge in [0.15, 0.2) is 0 Å². The fourth-order valence-corrected chi connectivity index (χ4v) is 2.87. The lowest BCUT2D eigenvalue weighted by Gasteiger charge is -2.20. The Kier molecular flexibility index (Phi) is 6.81. The molecule has 3 N–H and O–H groups in total. The highest BCUT2D eigenvalue weighted by Gasteiger charge is 2.18. The molecule has 0 fully saturated rings. The third kappa shape index (κ3) is 6.23. The summed E-state index contributed by atoms with van der Waals surface area (Å²) in [5, 5.41) is 6.34. The number of methoxy groups -OCH3 is 1. The molecule has 164 valence electrons. The predicted molar refractivity (Wildman–Crippen MR) is 120 cm³/mol. The Morgan fingerprint density at radius 3 is 2.35 bits per heavy atom. The molecule has 0 unspecified atom stereocenters. The third-order valence-electron chi connectivity index (χ3n) is 4.20. The number of rotatable bonds is 7. The van der Waals surface area contributed by atoms with Crippen molar-refractivity contribution >= 4 is 34.3 Å². The maximum atomic E-state index is 12.8. The SMILES string of the molecule is COCCOc1ccc2[nH]c(C(=O)Nc3ccccc3NC(=O)OC(C)(C)C)cc2c1. The molecule has 1 heterocycles. The lowest BCUT2D eigenvalue weighted by atomic mass is 10.2. The number of anilines is 2. The first-order chi connectivity index (χ1) is 14.7. The summed E-state index contributed by atoms with van der Waals surface area (Å²) in [6.45, 7) is 6.29. The Labute approximate surface area is 180 Å². The normalized spacial score (nSPS) is 11.2. The van der Waals surface area contributed by atoms with Gasteiger partial charge in [0.1, 0.15) is 23.7 Å². The predicted octanol–water partition coefficient (Wildman–Crippen LogP) is 4.79. The van der Waals surface area contributed by atoms with Crippen LogP contribution < -0.4 is 15.4 Å². The molecular weight excluding hydrogens is 398 g/mol. The number of H-pyrrole nitrogens is 1. The fraction of sp³-hybridized carbons (Fsp3) is 0.304. The molecule has 0 bridgehead atoms. The summed E-state index contributed by atoms with van der Waals surface area (Å²) >= 11 is 0. The number of hydrogen-bond donors (Lipinski definition) is 3. The summed E-state index contributed by atoms with van der Waals surface area (Å²) in [4.78, 5) is 28.0. The first-order valence-corrected chi connectivity index (χ1v) is 9.90. The zero-order valence-electron chi connectivity index (χ0n) is 18.1. The second-order valence-electron chi connectivity index (χ2n) is 7.90. The molecule has 0 spiro atoms. The van der Waals surface area contributed by atoms with E-state index < -0.39 is 11.7 Å². The van der Waals surface area contributed by atoms with Crippen molar-refractivity contribution in [2.75, 3.05) is 31.0 Å². The Balaban J connectivity index is 1.73. The summed E-state index contributed by atoms with van der Waals surface area (Å²) in [6, 6.07) is 14.2. The van der Waals surface area contributed by atoms with Crippen LogP contribution in [0.2, 0.25) is 0 Å². The van der Waals surface area contributed by atoms with E-state index in [-0.39, 0.29) is 5.91 Å². The first kappa shape index (κ1) is 22.2. The molecule has 1 aromatic heterocycles. The van der Waals surface area contributed by atoms with Crippen LogP contribution in [0, 0.1) is 0 Å². The molecule has 3 rings (SSSR count). The van der Waals surface area contributed by atoms with E-state index >= 15 is 0 Å². The largest absolute Gasteiger partial charge is 0.491 e. The van der Waals surface area contributed by atoms with E-state index in [2.05, 4.69) is 15.6 Å². The van der Waals surface area contributed by atoms with Crippen molar-refractivity contribution in [2.24, 2.45) is 0 Å². The minimum atomic E-state index is -0.626. The third-order valence-corrected chi connectivity index (χ3v) is 4.20. The van der Waals surface area contributed by atoms with Gasteiger partial charge in [0, 0.05) is 18.0 Å². The van der Waals surface area contributed by atoms with Gasteiger partial charge >= 0.3 is 6.09 Å². The number of nitrogens with one attached hydrogen (secondary N) is 3. The number of benzene rings is 2. The fourth-order valence-electron chi connectivity index (χ4n) is 2.87. The van der Waals surface area contributed by atoms with Crippen molar-refractivity contribution in [3.05, 3.63) is 54.2 Å². The molecule has 31 heavy (non-hydrogen) atoms. The van der Waals surface area contributed by atoms with Crippen LogP contribution in [0.25, 0.3) is 10.9 Å². The van der Waals surface area contributed by atoms with Crippen LogP contribution >= 0.6 is 0 Å². The average molecular weight is 425 g/mol. The monoisotopic (exact) mass is 425 g/mol. The molecule has 0 radical (unpaired) electrons. The lowest BCUT2D eigenvalue weighted by Crippen LogP contribution is -2.27. The van der Waals surface area contributed by atoms with Crippen molar-refractivity contribution < 1.29 is 23.8 Å². The number of amides is 2. The standard InChI is InChI=1S/C23H27N3O5/c1-23(2,3)31-22(28)26-19-8-6-5-7-18(19)25-21(27)20-14-15-13-16(30-12-11-29-4)9-10-17(15)24-20/h5-10,13-14,24H,11-12H2,1-4H3,(H,25,27)(H,26,28). The van der Waals surface area contributed by atoms with Gasteiger partial charge in [-0.15, -0.1) is 0 Å². The molecule has 0 aliphatic carbocycles. The summed E-state index contributed by atoms with van der Waals surface area (Å²) < 4.78 is 15.9. The molecule has 0 aliphatic rings. The highest BCUT2D eigenvalue weighted by atomic mass is 16.6. The minimum Gasteiger partial charge on any atom is -0.491 e. The van der Waals surface area contributed by atoms with Crippen LogP contribution in [0.15, 0.2) is 48.5 Å². The molecule has 3 aromatic rings. The molecule has 2 amide bonds. The van der Waals surface area contributed by atoms with Gasteiger partial charge in [-0.2, -0.15) is 0 Å². The molecular formula is C23H27N3O5. The van der Waals surface area contributed by atoms with E-state index in [1.807, 2.05) is 18.2 Å². The Hall–Kier alpha value is -3.52. The average Bonchev–Trinajstić information content (AvgIpc) is 3.12. The molecule has 0 aliphatic heterocycles. The van der Waals surface area contributed by atoms with Crippen molar-refractivity contribution in [2.45, 2.75) is 26.4 Å². The number of para-hydroxylation sites is 2. The van der Waals surface area contributed by atoms with Crippen molar-refractivity contribution in [1.29, 1.82) is 0 Å². The second kappa shape index (κ2) is 9.53. The Bertz CT molecular complexity index is 1070. The number of hydrogen-bond acceptors (Lipinski definition) is 5. The lowest BCUT2D eigenvalue weighted by molar-refractivity contribution is 0.0635. The summed E-state index contributed by atoms with van der Waals surface area (Å²) in [6.07, 6.45) is -0.596. The minimum absolute atomic E-state index is 0.337. The Morgan fingerprint density at radius 2 is 1.68 bits per heavy atom. The number of carbonyl (C=O) groups excluding carboxylic acids is 2. The van der Waals surface area contributed by atoms with Gasteiger partial charge in [0.25, 0.3) is 5.91 Å². The van der Waals surface area contributed by atoms with Gasteiger partial charge in [0.05, 0.1) is 18.0 Å². The quantitative estimate of drug-likeness (QED) is 0.472. The highest BCUT2D eigenvalue weighted by Crippen LogP contribution is 2.25. The van der Waals surface area contributed by atoms with E-state index in [1.165, 1.54) is 0 Å². The van der Waals surface area contributed by atoms with Crippen LogP contribution in [0.3, 0.4) is 0 Å².